The molecule has 4 atom stereocenters. The molecule has 1 saturated carbocycles. The predicted molar refractivity (Wildman–Crippen MR) is 101 cm³/mol. The highest BCUT2D eigenvalue weighted by atomic mass is 35.5. The summed E-state index contributed by atoms with van der Waals surface area (Å²) in [6.07, 6.45) is 5.08. The molecule has 0 radical (unpaired) electrons. The molecule has 29 heavy (non-hydrogen) atoms. The number of fused-ring (bicyclic) bond motifs is 1. The average molecular weight is 421 g/mol. The van der Waals surface area contributed by atoms with Crippen LogP contribution in [0.25, 0.3) is 0 Å². The molecule has 10 heteroatoms. The molecular weight excluding hydrogens is 402 g/mol. The molecule has 2 fully saturated rings. The fourth-order valence-corrected chi connectivity index (χ4v) is 4.45. The standard InChI is InChI=1S/C19H19ClF2N6O/c20-16-10(7-23)2-1-3-13(16)18(29)25-12-4-5-15-14(6-12)17(27-26-15)11-8-24-28(9-11)19(21)22/h1-3,8-9,12,14-15,17,19,26-27H,4-6H2,(H,25,29). The van der Waals surface area contributed by atoms with Gasteiger partial charge >= 0.3 is 6.55 Å². The lowest BCUT2D eigenvalue weighted by Gasteiger charge is -2.33. The van der Waals surface area contributed by atoms with Crippen molar-refractivity contribution in [3.8, 4) is 6.07 Å². The number of alkyl halides is 2. The molecule has 2 aromatic rings. The fraction of sp³-hybridized carbons (Fsp3) is 0.421. The topological polar surface area (TPSA) is 94.8 Å². The number of hydrogen-bond acceptors (Lipinski definition) is 5. The summed E-state index contributed by atoms with van der Waals surface area (Å²) in [5.74, 6) is -0.207. The monoisotopic (exact) mass is 420 g/mol. The first kappa shape index (κ1) is 19.8. The maximum absolute atomic E-state index is 12.8. The van der Waals surface area contributed by atoms with Crippen LogP contribution in [-0.2, 0) is 0 Å². The van der Waals surface area contributed by atoms with Gasteiger partial charge in [-0.3, -0.25) is 10.2 Å². The highest BCUT2D eigenvalue weighted by molar-refractivity contribution is 6.35. The minimum Gasteiger partial charge on any atom is -0.349 e. The largest absolute Gasteiger partial charge is 0.349 e. The van der Waals surface area contributed by atoms with Gasteiger partial charge in [-0.1, -0.05) is 17.7 Å². The summed E-state index contributed by atoms with van der Waals surface area (Å²) >= 11 is 6.17. The minimum atomic E-state index is -2.68. The van der Waals surface area contributed by atoms with Gasteiger partial charge in [0.1, 0.15) is 6.07 Å². The van der Waals surface area contributed by atoms with Crippen molar-refractivity contribution >= 4 is 17.5 Å². The van der Waals surface area contributed by atoms with Crippen molar-refractivity contribution in [1.82, 2.24) is 25.9 Å². The van der Waals surface area contributed by atoms with Gasteiger partial charge in [-0.2, -0.15) is 19.1 Å². The van der Waals surface area contributed by atoms with Gasteiger partial charge in [-0.05, 0) is 37.3 Å². The Hall–Kier alpha value is -2.54. The number of halogens is 3. The van der Waals surface area contributed by atoms with Crippen LogP contribution in [-0.4, -0.2) is 27.8 Å². The highest BCUT2D eigenvalue weighted by Gasteiger charge is 2.42. The summed E-state index contributed by atoms with van der Waals surface area (Å²) in [7, 11) is 0. The van der Waals surface area contributed by atoms with E-state index in [2.05, 4.69) is 21.3 Å². The predicted octanol–water partition coefficient (Wildman–Crippen LogP) is 2.92. The van der Waals surface area contributed by atoms with Crippen LogP contribution in [0.3, 0.4) is 0 Å². The lowest BCUT2D eigenvalue weighted by Crippen LogP contribution is -2.44. The van der Waals surface area contributed by atoms with E-state index in [1.165, 1.54) is 12.4 Å². The van der Waals surface area contributed by atoms with E-state index in [1.807, 2.05) is 6.07 Å². The molecule has 4 rings (SSSR count). The van der Waals surface area contributed by atoms with Crippen LogP contribution >= 0.6 is 11.6 Å². The number of hydrazine groups is 1. The van der Waals surface area contributed by atoms with Crippen molar-refractivity contribution in [1.29, 1.82) is 5.26 Å². The molecule has 2 aliphatic rings. The number of carbonyl (C=O) groups excluding carboxylic acids is 1. The summed E-state index contributed by atoms with van der Waals surface area (Å²) in [6.45, 7) is -2.68. The maximum Gasteiger partial charge on any atom is 0.333 e. The van der Waals surface area contributed by atoms with E-state index in [1.54, 1.807) is 18.2 Å². The molecule has 4 unspecified atom stereocenters. The Balaban J connectivity index is 1.46. The third kappa shape index (κ3) is 3.83. The van der Waals surface area contributed by atoms with Gasteiger partial charge in [-0.25, -0.2) is 10.1 Å². The number of nitriles is 1. The molecule has 7 nitrogen and oxygen atoms in total. The van der Waals surface area contributed by atoms with E-state index >= 15 is 0 Å². The van der Waals surface area contributed by atoms with Crippen molar-refractivity contribution in [3.05, 3.63) is 52.3 Å². The van der Waals surface area contributed by atoms with Crippen molar-refractivity contribution in [3.63, 3.8) is 0 Å². The normalized spacial score (nSPS) is 26.2. The third-order valence-electron chi connectivity index (χ3n) is 5.63. The second-order valence-electron chi connectivity index (χ2n) is 7.33. The molecule has 1 aliphatic carbocycles. The van der Waals surface area contributed by atoms with Crippen LogP contribution in [0.1, 0.15) is 53.3 Å². The third-order valence-corrected chi connectivity index (χ3v) is 6.04. The summed E-state index contributed by atoms with van der Waals surface area (Å²) in [5.41, 5.74) is 7.61. The van der Waals surface area contributed by atoms with Gasteiger partial charge in [0.25, 0.3) is 5.91 Å². The highest BCUT2D eigenvalue weighted by Crippen LogP contribution is 2.38. The summed E-state index contributed by atoms with van der Waals surface area (Å²) in [5, 5.41) is 16.0. The van der Waals surface area contributed by atoms with E-state index in [0.29, 0.717) is 16.7 Å². The number of benzene rings is 1. The Bertz CT molecular complexity index is 958. The van der Waals surface area contributed by atoms with Crippen LogP contribution in [0.4, 0.5) is 8.78 Å². The van der Waals surface area contributed by atoms with Crippen LogP contribution in [0, 0.1) is 17.2 Å². The lowest BCUT2D eigenvalue weighted by atomic mass is 9.77. The average Bonchev–Trinajstić information content (AvgIpc) is 3.34. The molecule has 1 aromatic heterocycles. The molecule has 1 saturated heterocycles. The number of amides is 1. The van der Waals surface area contributed by atoms with Crippen molar-refractivity contribution in [2.45, 2.75) is 43.9 Å². The quantitative estimate of drug-likeness (QED) is 0.707. The zero-order valence-corrected chi connectivity index (χ0v) is 16.0. The molecule has 1 aliphatic heterocycles. The molecule has 2 heterocycles. The van der Waals surface area contributed by atoms with Crippen LogP contribution in [0.2, 0.25) is 5.02 Å². The minimum absolute atomic E-state index is 0.0834. The first-order valence-corrected chi connectivity index (χ1v) is 9.68. The lowest BCUT2D eigenvalue weighted by molar-refractivity contribution is 0.0564. The first-order valence-electron chi connectivity index (χ1n) is 9.30. The molecule has 0 spiro atoms. The second kappa shape index (κ2) is 8.06. The van der Waals surface area contributed by atoms with Crippen molar-refractivity contribution < 1.29 is 13.6 Å². The van der Waals surface area contributed by atoms with E-state index in [0.717, 1.165) is 12.8 Å². The van der Waals surface area contributed by atoms with Crippen molar-refractivity contribution in [2.75, 3.05) is 0 Å². The number of rotatable bonds is 4. The SMILES string of the molecule is N#Cc1cccc(C(=O)NC2CCC3NNC(c4cnn(C(F)F)c4)C3C2)c1Cl. The van der Waals surface area contributed by atoms with Gasteiger partial charge in [0.15, 0.2) is 0 Å². The number of nitrogens with zero attached hydrogens (tertiary/aromatic N) is 3. The van der Waals surface area contributed by atoms with Crippen LogP contribution in [0.5, 0.6) is 0 Å². The van der Waals surface area contributed by atoms with Gasteiger partial charge in [0.05, 0.1) is 28.4 Å². The Morgan fingerprint density at radius 1 is 1.38 bits per heavy atom. The summed E-state index contributed by atoms with van der Waals surface area (Å²) < 4.78 is 26.3. The molecule has 1 amide bonds. The Morgan fingerprint density at radius 2 is 2.21 bits per heavy atom. The summed E-state index contributed by atoms with van der Waals surface area (Å²) in [6, 6.07) is 6.68. The van der Waals surface area contributed by atoms with Crippen molar-refractivity contribution in [2.24, 2.45) is 5.92 Å². The van der Waals surface area contributed by atoms with E-state index in [-0.39, 0.29) is 46.1 Å². The zero-order chi connectivity index (χ0) is 20.5. The van der Waals surface area contributed by atoms with Gasteiger partial charge in [0, 0.05) is 23.8 Å². The van der Waals surface area contributed by atoms with E-state index in [4.69, 9.17) is 16.9 Å². The summed E-state index contributed by atoms with van der Waals surface area (Å²) in [4.78, 5) is 12.7. The van der Waals surface area contributed by atoms with E-state index < -0.39 is 6.55 Å². The maximum atomic E-state index is 12.8. The van der Waals surface area contributed by atoms with Crippen LogP contribution in [0.15, 0.2) is 30.6 Å². The van der Waals surface area contributed by atoms with Crippen LogP contribution < -0.4 is 16.2 Å². The van der Waals surface area contributed by atoms with E-state index in [9.17, 15) is 13.6 Å². The number of carbonyl (C=O) groups is 1. The van der Waals surface area contributed by atoms with Gasteiger partial charge < -0.3 is 5.32 Å². The molecule has 0 bridgehead atoms. The first-order chi connectivity index (χ1) is 14.0. The molecular formula is C19H19ClF2N6O. The Labute approximate surface area is 171 Å². The van der Waals surface area contributed by atoms with Gasteiger partial charge in [0.2, 0.25) is 0 Å². The number of nitrogens with one attached hydrogen (secondary N) is 3. The molecule has 1 aromatic carbocycles. The molecule has 3 N–H and O–H groups in total. The second-order valence-corrected chi connectivity index (χ2v) is 7.71. The Morgan fingerprint density at radius 3 is 2.93 bits per heavy atom. The number of hydrogen-bond donors (Lipinski definition) is 3. The Kier molecular flexibility index (Phi) is 5.50. The fourth-order valence-electron chi connectivity index (χ4n) is 4.20. The smallest absolute Gasteiger partial charge is 0.333 e. The van der Waals surface area contributed by atoms with Gasteiger partial charge in [-0.15, -0.1) is 0 Å². The molecule has 152 valence electrons. The number of aromatic nitrogens is 2. The zero-order valence-electron chi connectivity index (χ0n) is 15.3.